The molecular weight excluding hydrogens is 481 g/mol. The van der Waals surface area contributed by atoms with Crippen molar-refractivity contribution in [2.24, 2.45) is 10.4 Å². The number of guanidine groups is 1. The fourth-order valence-electron chi connectivity index (χ4n) is 3.82. The van der Waals surface area contributed by atoms with Gasteiger partial charge in [0.1, 0.15) is 6.33 Å². The highest BCUT2D eigenvalue weighted by Gasteiger charge is 2.42. The van der Waals surface area contributed by atoms with E-state index < -0.39 is 0 Å². The minimum Gasteiger partial charge on any atom is -0.355 e. The molecule has 29 heavy (non-hydrogen) atoms. The number of rotatable bonds is 6. The number of nitrogens with zero attached hydrogens (tertiary/aromatic N) is 4. The molecule has 0 saturated heterocycles. The molecule has 0 bridgehead atoms. The lowest BCUT2D eigenvalue weighted by molar-refractivity contribution is -0.138. The molecule has 3 rings (SSSR count). The lowest BCUT2D eigenvalue weighted by Crippen LogP contribution is -2.49. The fourth-order valence-corrected chi connectivity index (χ4v) is 3.82. The summed E-state index contributed by atoms with van der Waals surface area (Å²) in [6.45, 7) is 1.22. The van der Waals surface area contributed by atoms with Crippen LogP contribution in [0.5, 0.6) is 0 Å². The molecule has 3 N–H and O–H groups in total. The standard InChI is InChI=1S/C20H29N7O.HI/c1-21-19(23-13-20(9-4-5-10-20)18(28)27(2)3)22-12-15-7-6-8-16(11-15)17-24-14-25-26-17;/h6-8,11,14H,4-5,9-10,12-13H2,1-3H3,(H2,21,22,23)(H,24,25,26);1H. The normalized spacial score (nSPS) is 15.5. The second-order valence-corrected chi connectivity index (χ2v) is 7.50. The molecule has 1 aliphatic rings. The zero-order chi connectivity index (χ0) is 20.0. The van der Waals surface area contributed by atoms with Crippen LogP contribution in [0, 0.1) is 5.41 Å². The van der Waals surface area contributed by atoms with E-state index in [0.717, 1.165) is 42.6 Å². The SMILES string of the molecule is CN=C(NCc1cccc(-c2ncn[nH]2)c1)NCC1(C(=O)N(C)C)CCCC1.I. The van der Waals surface area contributed by atoms with Crippen molar-refractivity contribution in [1.82, 2.24) is 30.7 Å². The second-order valence-electron chi connectivity index (χ2n) is 7.50. The number of amides is 1. The summed E-state index contributed by atoms with van der Waals surface area (Å²) in [5.74, 6) is 1.64. The molecule has 1 heterocycles. The van der Waals surface area contributed by atoms with Crippen LogP contribution in [0.3, 0.4) is 0 Å². The first kappa shape index (κ1) is 23.1. The van der Waals surface area contributed by atoms with Crippen LogP contribution in [0.15, 0.2) is 35.6 Å². The predicted octanol–water partition coefficient (Wildman–Crippen LogP) is 2.40. The van der Waals surface area contributed by atoms with Gasteiger partial charge in [0, 0.05) is 39.8 Å². The summed E-state index contributed by atoms with van der Waals surface area (Å²) in [6.07, 6.45) is 5.55. The van der Waals surface area contributed by atoms with E-state index >= 15 is 0 Å². The summed E-state index contributed by atoms with van der Waals surface area (Å²) in [7, 11) is 5.41. The van der Waals surface area contributed by atoms with Gasteiger partial charge in [-0.1, -0.05) is 31.0 Å². The number of hydrogen-bond acceptors (Lipinski definition) is 4. The predicted molar refractivity (Wildman–Crippen MR) is 125 cm³/mol. The molecule has 0 unspecified atom stereocenters. The van der Waals surface area contributed by atoms with Crippen molar-refractivity contribution in [2.45, 2.75) is 32.2 Å². The molecule has 9 heteroatoms. The van der Waals surface area contributed by atoms with Crippen molar-refractivity contribution in [3.05, 3.63) is 36.2 Å². The van der Waals surface area contributed by atoms with Crippen LogP contribution in [0.2, 0.25) is 0 Å². The van der Waals surface area contributed by atoms with Gasteiger partial charge in [-0.25, -0.2) is 4.98 Å². The Hall–Kier alpha value is -2.17. The van der Waals surface area contributed by atoms with Crippen LogP contribution in [-0.2, 0) is 11.3 Å². The molecule has 1 aliphatic carbocycles. The highest BCUT2D eigenvalue weighted by Crippen LogP contribution is 2.38. The minimum absolute atomic E-state index is 0. The smallest absolute Gasteiger partial charge is 0.230 e. The summed E-state index contributed by atoms with van der Waals surface area (Å²) >= 11 is 0. The third kappa shape index (κ3) is 5.68. The lowest BCUT2D eigenvalue weighted by Gasteiger charge is -2.31. The number of carbonyl (C=O) groups is 1. The number of aromatic amines is 1. The Morgan fingerprint density at radius 1 is 1.28 bits per heavy atom. The number of halogens is 1. The summed E-state index contributed by atoms with van der Waals surface area (Å²) < 4.78 is 0. The molecule has 1 aromatic heterocycles. The van der Waals surface area contributed by atoms with Gasteiger partial charge < -0.3 is 15.5 Å². The number of nitrogens with one attached hydrogen (secondary N) is 3. The number of benzene rings is 1. The van der Waals surface area contributed by atoms with E-state index in [1.54, 1.807) is 11.9 Å². The van der Waals surface area contributed by atoms with Gasteiger partial charge in [-0.2, -0.15) is 5.10 Å². The second kappa shape index (κ2) is 10.6. The minimum atomic E-state index is -0.326. The Kier molecular flexibility index (Phi) is 8.42. The summed E-state index contributed by atoms with van der Waals surface area (Å²) in [5, 5.41) is 13.5. The molecule has 1 aromatic carbocycles. The van der Waals surface area contributed by atoms with Gasteiger partial charge in [0.15, 0.2) is 11.8 Å². The van der Waals surface area contributed by atoms with Crippen molar-refractivity contribution in [3.8, 4) is 11.4 Å². The average Bonchev–Trinajstić information content (AvgIpc) is 3.40. The van der Waals surface area contributed by atoms with E-state index in [1.807, 2.05) is 32.3 Å². The number of aliphatic imine (C=N–C) groups is 1. The van der Waals surface area contributed by atoms with Crippen LogP contribution in [0.4, 0.5) is 0 Å². The van der Waals surface area contributed by atoms with E-state index in [2.05, 4.69) is 36.9 Å². The summed E-state index contributed by atoms with van der Waals surface area (Å²) in [5.41, 5.74) is 1.77. The third-order valence-corrected chi connectivity index (χ3v) is 5.31. The van der Waals surface area contributed by atoms with Gasteiger partial charge in [-0.15, -0.1) is 24.0 Å². The lowest BCUT2D eigenvalue weighted by atomic mass is 9.84. The number of carbonyl (C=O) groups excluding carboxylic acids is 1. The van der Waals surface area contributed by atoms with E-state index in [-0.39, 0.29) is 35.3 Å². The van der Waals surface area contributed by atoms with Gasteiger partial charge in [-0.3, -0.25) is 14.9 Å². The highest BCUT2D eigenvalue weighted by molar-refractivity contribution is 14.0. The molecule has 2 aromatic rings. The van der Waals surface area contributed by atoms with Crippen molar-refractivity contribution in [2.75, 3.05) is 27.7 Å². The quantitative estimate of drug-likeness (QED) is 0.315. The summed E-state index contributed by atoms with van der Waals surface area (Å²) in [6, 6.07) is 8.10. The largest absolute Gasteiger partial charge is 0.355 e. The molecular formula is C20H30IN7O. The zero-order valence-electron chi connectivity index (χ0n) is 17.2. The third-order valence-electron chi connectivity index (χ3n) is 5.31. The van der Waals surface area contributed by atoms with Gasteiger partial charge in [0.05, 0.1) is 5.41 Å². The van der Waals surface area contributed by atoms with E-state index in [4.69, 9.17) is 0 Å². The van der Waals surface area contributed by atoms with Gasteiger partial charge >= 0.3 is 0 Å². The zero-order valence-corrected chi connectivity index (χ0v) is 19.6. The highest BCUT2D eigenvalue weighted by atomic mass is 127. The molecule has 0 aliphatic heterocycles. The van der Waals surface area contributed by atoms with Crippen molar-refractivity contribution in [3.63, 3.8) is 0 Å². The van der Waals surface area contributed by atoms with Crippen LogP contribution in [0.25, 0.3) is 11.4 Å². The Balaban J connectivity index is 0.00000300. The van der Waals surface area contributed by atoms with Gasteiger partial charge in [0.25, 0.3) is 0 Å². The van der Waals surface area contributed by atoms with Crippen molar-refractivity contribution < 1.29 is 4.79 Å². The van der Waals surface area contributed by atoms with E-state index in [1.165, 1.54) is 6.33 Å². The van der Waals surface area contributed by atoms with Crippen molar-refractivity contribution in [1.29, 1.82) is 0 Å². The average molecular weight is 511 g/mol. The molecule has 0 radical (unpaired) electrons. The molecule has 158 valence electrons. The number of hydrogen-bond donors (Lipinski definition) is 3. The van der Waals surface area contributed by atoms with Crippen LogP contribution in [-0.4, -0.2) is 59.6 Å². The monoisotopic (exact) mass is 511 g/mol. The molecule has 0 atom stereocenters. The molecule has 1 amide bonds. The van der Waals surface area contributed by atoms with Crippen LogP contribution >= 0.6 is 24.0 Å². The molecule has 1 saturated carbocycles. The first-order chi connectivity index (χ1) is 13.5. The first-order valence-electron chi connectivity index (χ1n) is 9.65. The van der Waals surface area contributed by atoms with Crippen molar-refractivity contribution >= 4 is 35.8 Å². The van der Waals surface area contributed by atoms with E-state index in [9.17, 15) is 4.79 Å². The fraction of sp³-hybridized carbons (Fsp3) is 0.500. The number of aromatic nitrogens is 3. The summed E-state index contributed by atoms with van der Waals surface area (Å²) in [4.78, 5) is 22.9. The van der Waals surface area contributed by atoms with Gasteiger partial charge in [-0.05, 0) is 24.5 Å². The van der Waals surface area contributed by atoms with Crippen LogP contribution in [0.1, 0.15) is 31.2 Å². The Labute approximate surface area is 189 Å². The maximum Gasteiger partial charge on any atom is 0.230 e. The van der Waals surface area contributed by atoms with Crippen LogP contribution < -0.4 is 10.6 Å². The maximum atomic E-state index is 12.7. The maximum absolute atomic E-state index is 12.7. The van der Waals surface area contributed by atoms with E-state index in [0.29, 0.717) is 19.0 Å². The Morgan fingerprint density at radius 3 is 2.66 bits per heavy atom. The first-order valence-corrected chi connectivity index (χ1v) is 9.65. The molecule has 0 spiro atoms. The Morgan fingerprint density at radius 2 is 2.03 bits per heavy atom. The topological polar surface area (TPSA) is 98.3 Å². The Bertz CT molecular complexity index is 814. The van der Waals surface area contributed by atoms with Gasteiger partial charge in [0.2, 0.25) is 5.91 Å². The molecule has 8 nitrogen and oxygen atoms in total. The molecule has 1 fully saturated rings. The number of H-pyrrole nitrogens is 1.